The van der Waals surface area contributed by atoms with Crippen LogP contribution in [0.4, 0.5) is 5.69 Å². The number of imide groups is 1. The summed E-state index contributed by atoms with van der Waals surface area (Å²) in [5.74, 6) is 0.458. The number of para-hydroxylation sites is 1. The van der Waals surface area contributed by atoms with Crippen LogP contribution in [0.15, 0.2) is 95.6 Å². The number of aromatic nitrogens is 1. The highest BCUT2D eigenvalue weighted by atomic mass is 32.2. The SMILES string of the molecule is N=C(N)SCCCC1(C2=C(n3ccc4cc(OCc5ccccc5)ccc43)C(=O)NC2=O)C=Nc2ccccc21. The maximum atomic E-state index is 13.5. The van der Waals surface area contributed by atoms with E-state index >= 15 is 0 Å². The van der Waals surface area contributed by atoms with Gasteiger partial charge in [0.2, 0.25) is 0 Å². The lowest BCUT2D eigenvalue weighted by atomic mass is 9.72. The number of rotatable bonds is 9. The van der Waals surface area contributed by atoms with Crippen LogP contribution in [-0.4, -0.2) is 33.5 Å². The summed E-state index contributed by atoms with van der Waals surface area (Å²) in [6.45, 7) is 0.447. The summed E-state index contributed by atoms with van der Waals surface area (Å²) < 4.78 is 7.79. The first-order chi connectivity index (χ1) is 19.5. The molecule has 2 aliphatic rings. The van der Waals surface area contributed by atoms with E-state index in [1.165, 1.54) is 11.8 Å². The van der Waals surface area contributed by atoms with Gasteiger partial charge in [0.1, 0.15) is 18.1 Å². The highest BCUT2D eigenvalue weighted by molar-refractivity contribution is 8.13. The van der Waals surface area contributed by atoms with E-state index in [2.05, 4.69) is 10.3 Å². The molecule has 6 rings (SSSR count). The zero-order valence-corrected chi connectivity index (χ0v) is 22.4. The summed E-state index contributed by atoms with van der Waals surface area (Å²) in [6.07, 6.45) is 4.81. The standard InChI is InChI=1S/C31H27N5O3S/c32-30(33)40-16-6-14-31(19-34-24-10-5-4-9-23(24)31)26-27(29(38)35-28(26)37)36-15-13-21-17-22(11-12-25(21)36)39-18-20-7-2-1-3-8-20/h1-5,7-13,15,17,19H,6,14,16,18H2,(H3,32,33)(H,35,37,38). The molecule has 0 fully saturated rings. The second-order valence-electron chi connectivity index (χ2n) is 9.75. The molecule has 1 unspecified atom stereocenters. The van der Waals surface area contributed by atoms with Gasteiger partial charge < -0.3 is 15.0 Å². The fourth-order valence-corrected chi connectivity index (χ4v) is 6.01. The molecular weight excluding hydrogens is 522 g/mol. The van der Waals surface area contributed by atoms with Crippen LogP contribution in [-0.2, 0) is 21.6 Å². The third-order valence-corrected chi connectivity index (χ3v) is 8.09. The summed E-state index contributed by atoms with van der Waals surface area (Å²) in [5.41, 5.74) is 8.84. The van der Waals surface area contributed by atoms with Crippen molar-refractivity contribution in [2.45, 2.75) is 24.9 Å². The molecule has 3 heterocycles. The molecule has 4 aromatic rings. The van der Waals surface area contributed by atoms with Crippen LogP contribution >= 0.6 is 11.8 Å². The summed E-state index contributed by atoms with van der Waals surface area (Å²) in [4.78, 5) is 31.5. The van der Waals surface area contributed by atoms with Crippen molar-refractivity contribution in [2.75, 3.05) is 5.75 Å². The molecule has 4 N–H and O–H groups in total. The molecule has 9 heteroatoms. The highest BCUT2D eigenvalue weighted by Gasteiger charge is 2.49. The van der Waals surface area contributed by atoms with E-state index < -0.39 is 17.2 Å². The Balaban J connectivity index is 1.41. The van der Waals surface area contributed by atoms with Crippen LogP contribution in [0.2, 0.25) is 0 Å². The number of fused-ring (bicyclic) bond motifs is 2. The van der Waals surface area contributed by atoms with Crippen LogP contribution in [0, 0.1) is 5.41 Å². The van der Waals surface area contributed by atoms with Crippen LogP contribution < -0.4 is 15.8 Å². The predicted octanol–water partition coefficient (Wildman–Crippen LogP) is 5.15. The number of carbonyl (C=O) groups excluding carboxylic acids is 2. The van der Waals surface area contributed by atoms with Gasteiger partial charge in [0.15, 0.2) is 5.17 Å². The van der Waals surface area contributed by atoms with Gasteiger partial charge >= 0.3 is 0 Å². The van der Waals surface area contributed by atoms with Gasteiger partial charge in [-0.05, 0) is 54.3 Å². The lowest BCUT2D eigenvalue weighted by Gasteiger charge is -2.29. The smallest absolute Gasteiger partial charge is 0.275 e. The number of nitrogens with zero attached hydrogens (tertiary/aromatic N) is 2. The van der Waals surface area contributed by atoms with Gasteiger partial charge in [-0.2, -0.15) is 0 Å². The maximum absolute atomic E-state index is 13.5. The Kier molecular flexibility index (Phi) is 6.73. The van der Waals surface area contributed by atoms with Crippen molar-refractivity contribution in [2.24, 2.45) is 10.7 Å². The predicted molar refractivity (Wildman–Crippen MR) is 159 cm³/mol. The summed E-state index contributed by atoms with van der Waals surface area (Å²) in [5, 5.41) is 11.0. The first kappa shape index (κ1) is 25.6. The van der Waals surface area contributed by atoms with Crippen molar-refractivity contribution in [3.8, 4) is 5.75 Å². The van der Waals surface area contributed by atoms with E-state index in [-0.39, 0.29) is 5.17 Å². The monoisotopic (exact) mass is 549 g/mol. The molecule has 200 valence electrons. The molecule has 3 aromatic carbocycles. The zero-order chi connectivity index (χ0) is 27.7. The summed E-state index contributed by atoms with van der Waals surface area (Å²) >= 11 is 1.26. The molecule has 1 atom stereocenters. The molecule has 0 saturated heterocycles. The Bertz CT molecular complexity index is 1710. The number of thioether (sulfide) groups is 1. The number of ether oxygens (including phenoxy) is 1. The average Bonchev–Trinajstić information content (AvgIpc) is 3.63. The van der Waals surface area contributed by atoms with Gasteiger partial charge in [-0.25, -0.2) is 0 Å². The van der Waals surface area contributed by atoms with Gasteiger partial charge in [0.25, 0.3) is 11.8 Å². The summed E-state index contributed by atoms with van der Waals surface area (Å²) in [6, 6.07) is 25.3. The van der Waals surface area contributed by atoms with Crippen molar-refractivity contribution >= 4 is 57.2 Å². The molecular formula is C31H27N5O3S. The Morgan fingerprint density at radius 3 is 2.65 bits per heavy atom. The number of hydrogen-bond acceptors (Lipinski definition) is 6. The number of aliphatic imine (C=N–C) groups is 1. The topological polar surface area (TPSA) is 123 Å². The Morgan fingerprint density at radius 2 is 1.82 bits per heavy atom. The average molecular weight is 550 g/mol. The van der Waals surface area contributed by atoms with Gasteiger partial charge in [-0.3, -0.25) is 25.3 Å². The third kappa shape index (κ3) is 4.58. The first-order valence-electron chi connectivity index (χ1n) is 13.0. The van der Waals surface area contributed by atoms with E-state index in [9.17, 15) is 9.59 Å². The van der Waals surface area contributed by atoms with Crippen LogP contribution in [0.3, 0.4) is 0 Å². The number of amidine groups is 1. The molecule has 0 bridgehead atoms. The van der Waals surface area contributed by atoms with E-state index in [0.29, 0.717) is 42.2 Å². The normalized spacial score (nSPS) is 17.9. The Hall–Kier alpha value is -4.63. The molecule has 8 nitrogen and oxygen atoms in total. The minimum atomic E-state index is -0.894. The van der Waals surface area contributed by atoms with E-state index in [0.717, 1.165) is 27.7 Å². The zero-order valence-electron chi connectivity index (χ0n) is 21.6. The Morgan fingerprint density at radius 1 is 1.02 bits per heavy atom. The van der Waals surface area contributed by atoms with Gasteiger partial charge in [0.05, 0.1) is 22.2 Å². The van der Waals surface area contributed by atoms with E-state index in [1.807, 2.05) is 85.1 Å². The lowest BCUT2D eigenvalue weighted by Crippen LogP contribution is -2.35. The fourth-order valence-electron chi connectivity index (χ4n) is 5.51. The van der Waals surface area contributed by atoms with Gasteiger partial charge in [0, 0.05) is 23.6 Å². The second-order valence-corrected chi connectivity index (χ2v) is 10.9. The number of nitrogens with two attached hydrogens (primary N) is 1. The van der Waals surface area contributed by atoms with Crippen LogP contribution in [0.25, 0.3) is 16.6 Å². The maximum Gasteiger partial charge on any atom is 0.275 e. The number of amides is 2. The third-order valence-electron chi connectivity index (χ3n) is 7.28. The largest absolute Gasteiger partial charge is 0.489 e. The molecule has 0 aliphatic carbocycles. The van der Waals surface area contributed by atoms with Crippen molar-refractivity contribution in [3.05, 3.63) is 102 Å². The van der Waals surface area contributed by atoms with Gasteiger partial charge in [-0.1, -0.05) is 60.3 Å². The first-order valence-corrected chi connectivity index (χ1v) is 13.9. The minimum Gasteiger partial charge on any atom is -0.489 e. The van der Waals surface area contributed by atoms with E-state index in [1.54, 1.807) is 10.8 Å². The molecule has 1 aromatic heterocycles. The number of nitrogens with one attached hydrogen (secondary N) is 2. The van der Waals surface area contributed by atoms with Crippen molar-refractivity contribution in [1.82, 2.24) is 9.88 Å². The minimum absolute atomic E-state index is 0.0501. The number of hydrogen-bond donors (Lipinski definition) is 3. The number of benzene rings is 3. The molecule has 2 aliphatic heterocycles. The molecule has 0 radical (unpaired) electrons. The second kappa shape index (κ2) is 10.5. The van der Waals surface area contributed by atoms with E-state index in [4.69, 9.17) is 15.9 Å². The molecule has 0 saturated carbocycles. The number of carbonyl (C=O) groups is 2. The summed E-state index contributed by atoms with van der Waals surface area (Å²) in [7, 11) is 0. The molecule has 0 spiro atoms. The van der Waals surface area contributed by atoms with Crippen LogP contribution in [0.1, 0.15) is 24.0 Å². The lowest BCUT2D eigenvalue weighted by molar-refractivity contribution is -0.123. The highest BCUT2D eigenvalue weighted by Crippen LogP contribution is 2.48. The van der Waals surface area contributed by atoms with Crippen molar-refractivity contribution < 1.29 is 14.3 Å². The molecule has 2 amide bonds. The fraction of sp³-hybridized carbons (Fsp3) is 0.161. The van der Waals surface area contributed by atoms with Crippen LogP contribution in [0.5, 0.6) is 5.75 Å². The van der Waals surface area contributed by atoms with Crippen molar-refractivity contribution in [1.29, 1.82) is 5.41 Å². The quantitative estimate of drug-likeness (QED) is 0.115. The Labute approximate surface area is 235 Å². The molecule has 40 heavy (non-hydrogen) atoms. The van der Waals surface area contributed by atoms with Gasteiger partial charge in [-0.15, -0.1) is 0 Å². The van der Waals surface area contributed by atoms with Crippen molar-refractivity contribution in [3.63, 3.8) is 0 Å².